The number of allylic oxidation sites excluding steroid dienone is 8. The predicted molar refractivity (Wildman–Crippen MR) is 65.8 cm³/mol. The third-order valence-corrected chi connectivity index (χ3v) is 5.13. The first kappa shape index (κ1) is 9.72. The summed E-state index contributed by atoms with van der Waals surface area (Å²) >= 11 is 0. The summed E-state index contributed by atoms with van der Waals surface area (Å²) in [6, 6.07) is 0. The summed E-state index contributed by atoms with van der Waals surface area (Å²) in [5.41, 5.74) is 0. The van der Waals surface area contributed by atoms with Crippen LogP contribution in [0.3, 0.4) is 0 Å². The van der Waals surface area contributed by atoms with Crippen molar-refractivity contribution in [3.63, 3.8) is 0 Å². The Morgan fingerprint density at radius 2 is 1.64 bits per heavy atom. The molecule has 2 atom stereocenters. The molecule has 0 saturated heterocycles. The van der Waals surface area contributed by atoms with Crippen LogP contribution in [0.5, 0.6) is 0 Å². The van der Waals surface area contributed by atoms with Crippen molar-refractivity contribution in [3.8, 4) is 0 Å². The maximum atomic E-state index is 2.47. The fourth-order valence-electron chi connectivity index (χ4n) is 2.14. The number of hydrogen-bond acceptors (Lipinski definition) is 0. The molecular formula is C13H18Si. The van der Waals surface area contributed by atoms with Gasteiger partial charge in [0.15, 0.2) is 0 Å². The van der Waals surface area contributed by atoms with Crippen molar-refractivity contribution in [2.24, 2.45) is 11.8 Å². The molecule has 2 bridgehead atoms. The molecule has 3 aliphatic carbocycles. The van der Waals surface area contributed by atoms with E-state index in [1.165, 1.54) is 0 Å². The van der Waals surface area contributed by atoms with Crippen LogP contribution in [0.15, 0.2) is 47.7 Å². The van der Waals surface area contributed by atoms with Gasteiger partial charge in [0, 0.05) is 11.8 Å². The average molecular weight is 202 g/mol. The highest BCUT2D eigenvalue weighted by Crippen LogP contribution is 2.32. The van der Waals surface area contributed by atoms with Gasteiger partial charge in [0.2, 0.25) is 0 Å². The van der Waals surface area contributed by atoms with Gasteiger partial charge >= 0.3 is 0 Å². The zero-order valence-electron chi connectivity index (χ0n) is 9.20. The minimum absolute atomic E-state index is 0.540. The molecule has 0 radical (unpaired) electrons. The largest absolute Gasteiger partial charge is 0.0776 e. The SMILES string of the molecule is C[Si](C)(C)C1=C[C@H]2C=C/C=C\[C@@H]1C=C2. The highest BCUT2D eigenvalue weighted by molar-refractivity contribution is 6.83. The minimum Gasteiger partial charge on any atom is -0.0776 e. The zero-order valence-corrected chi connectivity index (χ0v) is 10.2. The predicted octanol–water partition coefficient (Wildman–Crippen LogP) is 3.72. The Labute approximate surface area is 87.7 Å². The lowest BCUT2D eigenvalue weighted by Crippen LogP contribution is -2.30. The summed E-state index contributed by atoms with van der Waals surface area (Å²) in [6.07, 6.45) is 16.1. The first-order valence-corrected chi connectivity index (χ1v) is 8.83. The second kappa shape index (κ2) is 3.39. The first-order chi connectivity index (χ1) is 6.57. The molecule has 0 aromatic carbocycles. The van der Waals surface area contributed by atoms with Crippen LogP contribution >= 0.6 is 0 Å². The quantitative estimate of drug-likeness (QED) is 0.449. The van der Waals surface area contributed by atoms with Gasteiger partial charge in [0.05, 0.1) is 8.07 Å². The topological polar surface area (TPSA) is 0 Å². The third kappa shape index (κ3) is 1.83. The van der Waals surface area contributed by atoms with E-state index in [0.717, 1.165) is 0 Å². The molecule has 3 aliphatic rings. The fraction of sp³-hybridized carbons (Fsp3) is 0.385. The molecule has 0 fully saturated rings. The molecule has 0 spiro atoms. The van der Waals surface area contributed by atoms with E-state index in [-0.39, 0.29) is 0 Å². The Bertz CT molecular complexity index is 337. The zero-order chi connectivity index (χ0) is 10.2. The number of hydrogen-bond donors (Lipinski definition) is 0. The van der Waals surface area contributed by atoms with Crippen LogP contribution in [-0.2, 0) is 0 Å². The summed E-state index contributed by atoms with van der Waals surface area (Å²) in [6.45, 7) is 7.30. The van der Waals surface area contributed by atoms with E-state index in [0.29, 0.717) is 11.8 Å². The Morgan fingerprint density at radius 1 is 0.929 bits per heavy atom. The Morgan fingerprint density at radius 3 is 2.36 bits per heavy atom. The lowest BCUT2D eigenvalue weighted by Gasteiger charge is -2.30. The van der Waals surface area contributed by atoms with Crippen LogP contribution in [0.2, 0.25) is 19.6 Å². The molecule has 0 N–H and O–H groups in total. The van der Waals surface area contributed by atoms with Crippen molar-refractivity contribution in [2.75, 3.05) is 0 Å². The molecule has 0 saturated carbocycles. The summed E-state index contributed by atoms with van der Waals surface area (Å²) in [5, 5.41) is 1.69. The molecule has 0 unspecified atom stereocenters. The van der Waals surface area contributed by atoms with E-state index in [9.17, 15) is 0 Å². The van der Waals surface area contributed by atoms with E-state index in [2.05, 4.69) is 62.2 Å². The molecule has 74 valence electrons. The van der Waals surface area contributed by atoms with Crippen molar-refractivity contribution < 1.29 is 0 Å². The van der Waals surface area contributed by atoms with Gasteiger partial charge in [-0.1, -0.05) is 67.4 Å². The van der Waals surface area contributed by atoms with E-state index >= 15 is 0 Å². The second-order valence-corrected chi connectivity index (χ2v) is 10.2. The smallest absolute Gasteiger partial charge is 0.0732 e. The monoisotopic (exact) mass is 202 g/mol. The van der Waals surface area contributed by atoms with Gasteiger partial charge in [-0.15, -0.1) is 0 Å². The number of fused-ring (bicyclic) bond motifs is 1. The van der Waals surface area contributed by atoms with E-state index in [4.69, 9.17) is 0 Å². The maximum Gasteiger partial charge on any atom is 0.0732 e. The fourth-order valence-corrected chi connectivity index (χ4v) is 4.02. The van der Waals surface area contributed by atoms with Crippen molar-refractivity contribution in [2.45, 2.75) is 19.6 Å². The van der Waals surface area contributed by atoms with Gasteiger partial charge in [-0.2, -0.15) is 0 Å². The van der Waals surface area contributed by atoms with Crippen LogP contribution in [0.25, 0.3) is 0 Å². The van der Waals surface area contributed by atoms with Crippen molar-refractivity contribution in [3.05, 3.63) is 47.7 Å². The molecule has 1 heteroatoms. The van der Waals surface area contributed by atoms with Gasteiger partial charge in [-0.25, -0.2) is 0 Å². The lowest BCUT2D eigenvalue weighted by molar-refractivity contribution is 0.900. The van der Waals surface area contributed by atoms with E-state index in [1.807, 2.05) is 0 Å². The van der Waals surface area contributed by atoms with Gasteiger partial charge in [-0.05, 0) is 0 Å². The van der Waals surface area contributed by atoms with E-state index < -0.39 is 8.07 Å². The standard InChI is InChI=1S/C13H18Si/c1-14(2,3)13-10-11-6-4-5-7-12(13)9-8-11/h4-12H,1-3H3/b6-4?,7-5-/t11-,12+/m0/s1. The van der Waals surface area contributed by atoms with Gasteiger partial charge < -0.3 is 0 Å². The highest BCUT2D eigenvalue weighted by atomic mass is 28.3. The third-order valence-electron chi connectivity index (χ3n) is 2.90. The first-order valence-electron chi connectivity index (χ1n) is 5.33. The maximum absolute atomic E-state index is 2.47. The normalized spacial score (nSPS) is 32.4. The molecule has 0 nitrogen and oxygen atoms in total. The highest BCUT2D eigenvalue weighted by Gasteiger charge is 2.27. The van der Waals surface area contributed by atoms with Gasteiger partial charge in [0.1, 0.15) is 0 Å². The summed E-state index contributed by atoms with van der Waals surface area (Å²) < 4.78 is 0. The van der Waals surface area contributed by atoms with Crippen LogP contribution < -0.4 is 0 Å². The molecule has 0 aromatic rings. The minimum atomic E-state index is -1.14. The Balaban J connectivity index is 2.41. The molecule has 3 rings (SSSR count). The molecule has 0 heterocycles. The van der Waals surface area contributed by atoms with Crippen LogP contribution in [0.4, 0.5) is 0 Å². The van der Waals surface area contributed by atoms with Crippen molar-refractivity contribution in [1.29, 1.82) is 0 Å². The van der Waals surface area contributed by atoms with Gasteiger partial charge in [-0.3, -0.25) is 0 Å². The molecule has 0 amide bonds. The summed E-state index contributed by atoms with van der Waals surface area (Å²) in [4.78, 5) is 0. The second-order valence-electron chi connectivity index (χ2n) is 5.13. The average Bonchev–Trinajstić information content (AvgIpc) is 2.02. The van der Waals surface area contributed by atoms with Crippen LogP contribution in [0, 0.1) is 11.8 Å². The van der Waals surface area contributed by atoms with Crippen molar-refractivity contribution >= 4 is 8.07 Å². The molecule has 14 heavy (non-hydrogen) atoms. The lowest BCUT2D eigenvalue weighted by atomic mass is 9.93. The van der Waals surface area contributed by atoms with Crippen molar-refractivity contribution in [1.82, 2.24) is 0 Å². The van der Waals surface area contributed by atoms with E-state index in [1.54, 1.807) is 5.20 Å². The molecule has 0 aromatic heterocycles. The van der Waals surface area contributed by atoms with Crippen LogP contribution in [0.1, 0.15) is 0 Å². The molecular weight excluding hydrogens is 184 g/mol. The summed E-state index contributed by atoms with van der Waals surface area (Å²) in [5.74, 6) is 1.11. The Hall–Kier alpha value is -0.823. The Kier molecular flexibility index (Phi) is 2.36. The summed E-state index contributed by atoms with van der Waals surface area (Å²) in [7, 11) is -1.14. The molecule has 0 aliphatic heterocycles. The number of rotatable bonds is 1. The van der Waals surface area contributed by atoms with Gasteiger partial charge in [0.25, 0.3) is 0 Å². The van der Waals surface area contributed by atoms with Crippen LogP contribution in [-0.4, -0.2) is 8.07 Å².